The molecule has 3 heteroatoms. The number of hydrogen-bond donors (Lipinski definition) is 1. The number of benzene rings is 1. The van der Waals surface area contributed by atoms with Crippen LogP contribution in [0.25, 0.3) is 0 Å². The average molecular weight is 268 g/mol. The fourth-order valence-electron chi connectivity index (χ4n) is 1.73. The molecular weight excluding hydrogens is 246 g/mol. The molecule has 0 saturated heterocycles. The van der Waals surface area contributed by atoms with Gasteiger partial charge in [0.05, 0.1) is 6.42 Å². The van der Waals surface area contributed by atoms with E-state index in [0.29, 0.717) is 13.0 Å². The summed E-state index contributed by atoms with van der Waals surface area (Å²) in [5, 5.41) is 3.07. The monoisotopic (exact) mass is 267 g/mol. The maximum absolute atomic E-state index is 11.7. The summed E-state index contributed by atoms with van der Waals surface area (Å²) in [4.78, 5) is 11.7. The Morgan fingerprint density at radius 2 is 2.06 bits per heavy atom. The van der Waals surface area contributed by atoms with Crippen LogP contribution < -0.4 is 5.32 Å². The Morgan fingerprint density at radius 3 is 2.67 bits per heavy atom. The van der Waals surface area contributed by atoms with Crippen LogP contribution in [0.4, 0.5) is 0 Å². The normalized spacial score (nSPS) is 12.2. The first-order valence-corrected chi connectivity index (χ1v) is 6.93. The summed E-state index contributed by atoms with van der Waals surface area (Å²) in [7, 11) is 0. The number of alkyl halides is 1. The summed E-state index contributed by atoms with van der Waals surface area (Å²) in [6.07, 6.45) is 2.21. The maximum atomic E-state index is 11.7. The van der Waals surface area contributed by atoms with Crippen molar-refractivity contribution in [1.29, 1.82) is 0 Å². The molecule has 0 radical (unpaired) electrons. The second-order valence-electron chi connectivity index (χ2n) is 4.74. The van der Waals surface area contributed by atoms with Crippen LogP contribution in [0.1, 0.15) is 36.5 Å². The molecule has 18 heavy (non-hydrogen) atoms. The van der Waals surface area contributed by atoms with E-state index in [1.165, 1.54) is 11.1 Å². The molecule has 1 aromatic rings. The zero-order valence-corrected chi connectivity index (χ0v) is 12.2. The number of carbonyl (C=O) groups excluding carboxylic acids is 1. The van der Waals surface area contributed by atoms with Gasteiger partial charge in [0.25, 0.3) is 0 Å². The van der Waals surface area contributed by atoms with E-state index in [-0.39, 0.29) is 11.3 Å². The van der Waals surface area contributed by atoms with E-state index >= 15 is 0 Å². The smallest absolute Gasteiger partial charge is 0.224 e. The van der Waals surface area contributed by atoms with Crippen molar-refractivity contribution in [3.63, 3.8) is 0 Å². The summed E-state index contributed by atoms with van der Waals surface area (Å²) in [5.41, 5.74) is 3.55. The summed E-state index contributed by atoms with van der Waals surface area (Å²) < 4.78 is 0. The van der Waals surface area contributed by atoms with Crippen LogP contribution in [-0.4, -0.2) is 17.8 Å². The van der Waals surface area contributed by atoms with E-state index < -0.39 is 0 Å². The van der Waals surface area contributed by atoms with Gasteiger partial charge in [0, 0.05) is 11.9 Å². The topological polar surface area (TPSA) is 29.1 Å². The van der Waals surface area contributed by atoms with E-state index in [9.17, 15) is 4.79 Å². The molecule has 0 bridgehead atoms. The van der Waals surface area contributed by atoms with Gasteiger partial charge in [-0.15, -0.1) is 11.6 Å². The predicted molar refractivity (Wildman–Crippen MR) is 77.2 cm³/mol. The van der Waals surface area contributed by atoms with Gasteiger partial charge in [0.1, 0.15) is 0 Å². The number of aryl methyl sites for hydroxylation is 2. The lowest BCUT2D eigenvalue weighted by atomic mass is 10.0. The highest BCUT2D eigenvalue weighted by molar-refractivity contribution is 6.20. The summed E-state index contributed by atoms with van der Waals surface area (Å²) >= 11 is 6.00. The maximum Gasteiger partial charge on any atom is 0.224 e. The molecule has 100 valence electrons. The van der Waals surface area contributed by atoms with Crippen molar-refractivity contribution in [2.45, 2.75) is 45.4 Å². The summed E-state index contributed by atoms with van der Waals surface area (Å²) in [6.45, 7) is 6.85. The molecule has 1 atom stereocenters. The quantitative estimate of drug-likeness (QED) is 0.787. The van der Waals surface area contributed by atoms with Crippen molar-refractivity contribution in [1.82, 2.24) is 5.32 Å². The first-order chi connectivity index (χ1) is 8.52. The van der Waals surface area contributed by atoms with E-state index in [1.54, 1.807) is 0 Å². The van der Waals surface area contributed by atoms with Crippen molar-refractivity contribution in [2.24, 2.45) is 0 Å². The van der Waals surface area contributed by atoms with Crippen LogP contribution in [0.3, 0.4) is 0 Å². The molecule has 0 aromatic heterocycles. The molecule has 2 nitrogen and oxygen atoms in total. The van der Waals surface area contributed by atoms with Gasteiger partial charge in [-0.05, 0) is 43.4 Å². The van der Waals surface area contributed by atoms with Gasteiger partial charge in [0.2, 0.25) is 5.91 Å². The SMILES string of the molecule is CCC(Cl)CCNC(=O)Cc1ccc(C)c(C)c1. The van der Waals surface area contributed by atoms with Gasteiger partial charge < -0.3 is 5.32 Å². The Labute approximate surface area is 115 Å². The van der Waals surface area contributed by atoms with Gasteiger partial charge in [-0.3, -0.25) is 4.79 Å². The lowest BCUT2D eigenvalue weighted by Gasteiger charge is -2.09. The summed E-state index contributed by atoms with van der Waals surface area (Å²) in [6, 6.07) is 6.15. The van der Waals surface area contributed by atoms with Crippen LogP contribution in [0.15, 0.2) is 18.2 Å². The van der Waals surface area contributed by atoms with Gasteiger partial charge in [-0.1, -0.05) is 25.1 Å². The molecule has 0 fully saturated rings. The molecule has 0 aliphatic rings. The fraction of sp³-hybridized carbons (Fsp3) is 0.533. The lowest BCUT2D eigenvalue weighted by molar-refractivity contribution is -0.120. The Morgan fingerprint density at radius 1 is 1.33 bits per heavy atom. The van der Waals surface area contributed by atoms with Crippen LogP contribution in [0, 0.1) is 13.8 Å². The lowest BCUT2D eigenvalue weighted by Crippen LogP contribution is -2.27. The Kier molecular flexibility index (Phi) is 6.20. The van der Waals surface area contributed by atoms with E-state index in [1.807, 2.05) is 6.07 Å². The van der Waals surface area contributed by atoms with E-state index in [2.05, 4.69) is 38.2 Å². The van der Waals surface area contributed by atoms with Crippen molar-refractivity contribution in [3.8, 4) is 0 Å². The molecule has 0 spiro atoms. The average Bonchev–Trinajstić information content (AvgIpc) is 2.33. The molecule has 1 rings (SSSR count). The zero-order valence-electron chi connectivity index (χ0n) is 11.4. The van der Waals surface area contributed by atoms with Crippen molar-refractivity contribution < 1.29 is 4.79 Å². The molecule has 0 aliphatic heterocycles. The van der Waals surface area contributed by atoms with Crippen LogP contribution in [0.5, 0.6) is 0 Å². The molecule has 0 saturated carbocycles. The molecule has 1 aromatic carbocycles. The Hall–Kier alpha value is -1.02. The number of rotatable bonds is 6. The highest BCUT2D eigenvalue weighted by Gasteiger charge is 2.06. The van der Waals surface area contributed by atoms with Crippen LogP contribution in [0.2, 0.25) is 0 Å². The molecule has 0 heterocycles. The first-order valence-electron chi connectivity index (χ1n) is 6.49. The van der Waals surface area contributed by atoms with Crippen LogP contribution in [-0.2, 0) is 11.2 Å². The van der Waals surface area contributed by atoms with Gasteiger partial charge in [-0.2, -0.15) is 0 Å². The second-order valence-corrected chi connectivity index (χ2v) is 5.36. The van der Waals surface area contributed by atoms with Crippen molar-refractivity contribution >= 4 is 17.5 Å². The minimum absolute atomic E-state index is 0.0678. The van der Waals surface area contributed by atoms with E-state index in [4.69, 9.17) is 11.6 Å². The Balaban J connectivity index is 2.38. The summed E-state index contributed by atoms with van der Waals surface area (Å²) in [5.74, 6) is 0.0678. The van der Waals surface area contributed by atoms with E-state index in [0.717, 1.165) is 18.4 Å². The largest absolute Gasteiger partial charge is 0.356 e. The predicted octanol–water partition coefficient (Wildman–Crippen LogP) is 3.37. The minimum Gasteiger partial charge on any atom is -0.356 e. The fourth-order valence-corrected chi connectivity index (χ4v) is 1.84. The molecular formula is C15H22ClNO. The third kappa shape index (κ3) is 5.09. The second kappa shape index (κ2) is 7.42. The number of amides is 1. The molecule has 1 unspecified atom stereocenters. The third-order valence-corrected chi connectivity index (χ3v) is 3.69. The third-order valence-electron chi connectivity index (χ3n) is 3.16. The van der Waals surface area contributed by atoms with Gasteiger partial charge >= 0.3 is 0 Å². The van der Waals surface area contributed by atoms with Gasteiger partial charge in [-0.25, -0.2) is 0 Å². The first kappa shape index (κ1) is 15.0. The minimum atomic E-state index is 0.0678. The number of nitrogens with one attached hydrogen (secondary N) is 1. The van der Waals surface area contributed by atoms with Crippen molar-refractivity contribution in [2.75, 3.05) is 6.54 Å². The highest BCUT2D eigenvalue weighted by Crippen LogP contribution is 2.10. The standard InChI is InChI=1S/C15H22ClNO/c1-4-14(16)7-8-17-15(18)10-13-6-5-11(2)12(3)9-13/h5-6,9,14H,4,7-8,10H2,1-3H3,(H,17,18). The highest BCUT2D eigenvalue weighted by atomic mass is 35.5. The number of carbonyl (C=O) groups is 1. The number of hydrogen-bond acceptors (Lipinski definition) is 1. The zero-order chi connectivity index (χ0) is 13.5. The van der Waals surface area contributed by atoms with Crippen LogP contribution >= 0.6 is 11.6 Å². The molecule has 1 amide bonds. The number of halogens is 1. The van der Waals surface area contributed by atoms with Gasteiger partial charge in [0.15, 0.2) is 0 Å². The Bertz CT molecular complexity index is 403. The van der Waals surface area contributed by atoms with Crippen molar-refractivity contribution in [3.05, 3.63) is 34.9 Å². The molecule has 1 N–H and O–H groups in total. The molecule has 0 aliphatic carbocycles.